The van der Waals surface area contributed by atoms with Crippen LogP contribution in [0.2, 0.25) is 0 Å². The van der Waals surface area contributed by atoms with Crippen molar-refractivity contribution >= 4 is 21.8 Å². The first kappa shape index (κ1) is 14.7. The van der Waals surface area contributed by atoms with E-state index < -0.39 is 0 Å². The molecule has 3 rings (SSSR count). The number of amides is 1. The summed E-state index contributed by atoms with van der Waals surface area (Å²) in [6, 6.07) is 4.54. The van der Waals surface area contributed by atoms with Gasteiger partial charge in [0.25, 0.3) is 0 Å². The number of piperidine rings is 1. The van der Waals surface area contributed by atoms with E-state index in [-0.39, 0.29) is 12.7 Å². The van der Waals surface area contributed by atoms with E-state index in [0.29, 0.717) is 6.04 Å². The molecule has 6 heteroatoms. The maximum absolute atomic E-state index is 11.3. The van der Waals surface area contributed by atoms with E-state index in [4.69, 9.17) is 9.47 Å². The Bertz CT molecular complexity index is 542. The van der Waals surface area contributed by atoms with Gasteiger partial charge in [-0.15, -0.1) is 0 Å². The summed E-state index contributed by atoms with van der Waals surface area (Å²) in [6.07, 6.45) is 2.01. The molecule has 0 aromatic heterocycles. The molecule has 0 saturated carbocycles. The molecule has 5 nitrogen and oxygen atoms in total. The molecule has 1 saturated heterocycles. The van der Waals surface area contributed by atoms with E-state index in [1.807, 2.05) is 11.0 Å². The van der Waals surface area contributed by atoms with Crippen LogP contribution in [0, 0.1) is 0 Å². The minimum Gasteiger partial charge on any atom is -0.454 e. The number of halogens is 1. The van der Waals surface area contributed by atoms with Crippen LogP contribution >= 0.6 is 15.9 Å². The van der Waals surface area contributed by atoms with Gasteiger partial charge in [-0.25, -0.2) is 0 Å². The number of carbonyl (C=O) groups is 1. The molecule has 114 valence electrons. The Morgan fingerprint density at radius 3 is 2.86 bits per heavy atom. The highest BCUT2D eigenvalue weighted by molar-refractivity contribution is 9.10. The van der Waals surface area contributed by atoms with Crippen molar-refractivity contribution < 1.29 is 14.3 Å². The number of rotatable bonds is 3. The van der Waals surface area contributed by atoms with Gasteiger partial charge in [0.2, 0.25) is 12.7 Å². The van der Waals surface area contributed by atoms with Crippen molar-refractivity contribution in [2.75, 3.05) is 19.9 Å². The van der Waals surface area contributed by atoms with Crippen LogP contribution in [-0.4, -0.2) is 36.7 Å². The third-order valence-electron chi connectivity index (χ3n) is 4.02. The van der Waals surface area contributed by atoms with Crippen molar-refractivity contribution in [3.63, 3.8) is 0 Å². The monoisotopic (exact) mass is 354 g/mol. The molecular formula is C15H19BrN2O3. The molecule has 1 amide bonds. The van der Waals surface area contributed by atoms with Gasteiger partial charge in [-0.05, 0) is 46.5 Å². The van der Waals surface area contributed by atoms with Crippen LogP contribution in [0.25, 0.3) is 0 Å². The maximum atomic E-state index is 11.3. The summed E-state index contributed by atoms with van der Waals surface area (Å²) in [4.78, 5) is 13.2. The summed E-state index contributed by atoms with van der Waals surface area (Å²) in [5.41, 5.74) is 1.17. The number of benzene rings is 1. The molecule has 0 aliphatic carbocycles. The molecule has 2 aliphatic heterocycles. The molecule has 1 aromatic rings. The van der Waals surface area contributed by atoms with E-state index in [1.165, 1.54) is 5.56 Å². The first-order chi connectivity index (χ1) is 10.1. The minimum atomic E-state index is 0.174. The van der Waals surface area contributed by atoms with Crippen LogP contribution in [-0.2, 0) is 11.3 Å². The average Bonchev–Trinajstić information content (AvgIpc) is 2.94. The fourth-order valence-electron chi connectivity index (χ4n) is 2.78. The normalized spacial score (nSPS) is 18.1. The molecule has 0 atom stereocenters. The van der Waals surface area contributed by atoms with Crippen LogP contribution in [0.5, 0.6) is 11.5 Å². The molecule has 1 fully saturated rings. The number of likely N-dealkylation sites (tertiary alicyclic amines) is 1. The number of fused-ring (bicyclic) bond motifs is 1. The lowest BCUT2D eigenvalue weighted by atomic mass is 10.0. The van der Waals surface area contributed by atoms with Crippen LogP contribution in [0.1, 0.15) is 25.3 Å². The lowest BCUT2D eigenvalue weighted by molar-refractivity contribution is -0.129. The Labute approximate surface area is 132 Å². The fourth-order valence-corrected chi connectivity index (χ4v) is 3.39. The van der Waals surface area contributed by atoms with E-state index >= 15 is 0 Å². The molecule has 1 N–H and O–H groups in total. The van der Waals surface area contributed by atoms with Gasteiger partial charge in [0.05, 0.1) is 4.47 Å². The Kier molecular flexibility index (Phi) is 4.35. The summed E-state index contributed by atoms with van der Waals surface area (Å²) in [7, 11) is 0. The topological polar surface area (TPSA) is 50.8 Å². The number of nitrogens with one attached hydrogen (secondary N) is 1. The van der Waals surface area contributed by atoms with Crippen molar-refractivity contribution in [2.24, 2.45) is 0 Å². The fraction of sp³-hybridized carbons (Fsp3) is 0.533. The second-order valence-electron chi connectivity index (χ2n) is 5.47. The molecule has 0 unspecified atom stereocenters. The second kappa shape index (κ2) is 6.23. The Hall–Kier alpha value is -1.27. The summed E-state index contributed by atoms with van der Waals surface area (Å²) in [5.74, 6) is 1.76. The molecule has 1 aromatic carbocycles. The molecular weight excluding hydrogens is 336 g/mol. The van der Waals surface area contributed by atoms with Crippen LogP contribution in [0.3, 0.4) is 0 Å². The Morgan fingerprint density at radius 2 is 2.14 bits per heavy atom. The lowest BCUT2D eigenvalue weighted by Gasteiger charge is -2.31. The molecule has 0 spiro atoms. The zero-order valence-electron chi connectivity index (χ0n) is 12.0. The van der Waals surface area contributed by atoms with E-state index in [9.17, 15) is 4.79 Å². The smallest absolute Gasteiger partial charge is 0.231 e. The number of hydrogen-bond donors (Lipinski definition) is 1. The van der Waals surface area contributed by atoms with Gasteiger partial charge in [-0.1, -0.05) is 0 Å². The van der Waals surface area contributed by atoms with Crippen molar-refractivity contribution in [3.8, 4) is 11.5 Å². The molecule has 21 heavy (non-hydrogen) atoms. The largest absolute Gasteiger partial charge is 0.454 e. The zero-order valence-corrected chi connectivity index (χ0v) is 13.6. The van der Waals surface area contributed by atoms with Gasteiger partial charge in [-0.3, -0.25) is 4.79 Å². The molecule has 2 heterocycles. The predicted octanol–water partition coefficient (Wildman–Crippen LogP) is 2.28. The summed E-state index contributed by atoms with van der Waals surface area (Å²) < 4.78 is 11.7. The first-order valence-electron chi connectivity index (χ1n) is 7.20. The third kappa shape index (κ3) is 3.32. The predicted molar refractivity (Wildman–Crippen MR) is 82.4 cm³/mol. The lowest BCUT2D eigenvalue weighted by Crippen LogP contribution is -2.43. The summed E-state index contributed by atoms with van der Waals surface area (Å²) in [5, 5.41) is 3.56. The van der Waals surface area contributed by atoms with Gasteiger partial charge in [0.1, 0.15) is 0 Å². The van der Waals surface area contributed by atoms with Crippen molar-refractivity contribution in [2.45, 2.75) is 32.4 Å². The molecule has 0 bridgehead atoms. The van der Waals surface area contributed by atoms with Crippen molar-refractivity contribution in [3.05, 3.63) is 22.2 Å². The Morgan fingerprint density at radius 1 is 1.38 bits per heavy atom. The number of ether oxygens (including phenoxy) is 2. The minimum absolute atomic E-state index is 0.174. The van der Waals surface area contributed by atoms with E-state index in [1.54, 1.807) is 6.92 Å². The standard InChI is InChI=1S/C15H19BrN2O3/c1-10(19)18-4-2-12(3-5-18)17-8-11-6-13(16)15-14(7-11)20-9-21-15/h6-7,12,17H,2-5,8-9H2,1H3. The first-order valence-corrected chi connectivity index (χ1v) is 7.99. The average molecular weight is 355 g/mol. The van der Waals surface area contributed by atoms with Gasteiger partial charge in [-0.2, -0.15) is 0 Å². The SMILES string of the molecule is CC(=O)N1CCC(NCc2cc(Br)c3c(c2)OCO3)CC1. The second-order valence-corrected chi connectivity index (χ2v) is 6.33. The number of hydrogen-bond acceptors (Lipinski definition) is 4. The van der Waals surface area contributed by atoms with E-state index in [2.05, 4.69) is 27.3 Å². The van der Waals surface area contributed by atoms with Gasteiger partial charge in [0, 0.05) is 32.6 Å². The highest BCUT2D eigenvalue weighted by Crippen LogP contribution is 2.39. The van der Waals surface area contributed by atoms with Crippen molar-refractivity contribution in [1.29, 1.82) is 0 Å². The molecule has 2 aliphatic rings. The maximum Gasteiger partial charge on any atom is 0.231 e. The quantitative estimate of drug-likeness (QED) is 0.904. The highest BCUT2D eigenvalue weighted by Gasteiger charge is 2.21. The molecule has 0 radical (unpaired) electrons. The Balaban J connectivity index is 1.54. The van der Waals surface area contributed by atoms with Crippen molar-refractivity contribution in [1.82, 2.24) is 10.2 Å². The van der Waals surface area contributed by atoms with Crippen LogP contribution in [0.15, 0.2) is 16.6 Å². The third-order valence-corrected chi connectivity index (χ3v) is 4.61. The number of carbonyl (C=O) groups excluding carboxylic acids is 1. The van der Waals surface area contributed by atoms with Gasteiger partial charge >= 0.3 is 0 Å². The number of nitrogens with zero attached hydrogens (tertiary/aromatic N) is 1. The highest BCUT2D eigenvalue weighted by atomic mass is 79.9. The van der Waals surface area contributed by atoms with Crippen LogP contribution in [0.4, 0.5) is 0 Å². The van der Waals surface area contributed by atoms with E-state index in [0.717, 1.165) is 48.4 Å². The van der Waals surface area contributed by atoms with Gasteiger partial charge in [0.15, 0.2) is 11.5 Å². The van der Waals surface area contributed by atoms with Crippen LogP contribution < -0.4 is 14.8 Å². The summed E-state index contributed by atoms with van der Waals surface area (Å²) >= 11 is 3.51. The zero-order chi connectivity index (χ0) is 14.8. The summed E-state index contributed by atoms with van der Waals surface area (Å²) in [6.45, 7) is 4.40. The van der Waals surface area contributed by atoms with Gasteiger partial charge < -0.3 is 19.7 Å².